The van der Waals surface area contributed by atoms with Crippen molar-refractivity contribution in [3.63, 3.8) is 0 Å². The number of alkyl halides is 4. The molecule has 0 aliphatic rings. The van der Waals surface area contributed by atoms with Gasteiger partial charge in [0.05, 0.1) is 12.0 Å². The molecular formula is C11H7ClF3NO3. The van der Waals surface area contributed by atoms with E-state index in [0.29, 0.717) is 0 Å². The number of aliphatic carboxylic acids is 1. The Hall–Kier alpha value is -1.94. The maximum atomic E-state index is 12.1. The summed E-state index contributed by atoms with van der Waals surface area (Å²) in [5.41, 5.74) is -0.215. The van der Waals surface area contributed by atoms with E-state index in [9.17, 15) is 18.0 Å². The van der Waals surface area contributed by atoms with E-state index in [1.165, 1.54) is 0 Å². The highest BCUT2D eigenvalue weighted by atomic mass is 35.5. The van der Waals surface area contributed by atoms with Gasteiger partial charge in [-0.2, -0.15) is 5.26 Å². The maximum absolute atomic E-state index is 12.1. The van der Waals surface area contributed by atoms with E-state index in [-0.39, 0.29) is 17.0 Å². The van der Waals surface area contributed by atoms with Crippen LogP contribution in [0.5, 0.6) is 5.75 Å². The Balaban J connectivity index is 3.31. The molecule has 0 fully saturated rings. The van der Waals surface area contributed by atoms with Crippen LogP contribution >= 0.6 is 11.6 Å². The van der Waals surface area contributed by atoms with Crippen molar-refractivity contribution in [3.8, 4) is 11.8 Å². The van der Waals surface area contributed by atoms with E-state index < -0.39 is 30.1 Å². The summed E-state index contributed by atoms with van der Waals surface area (Å²) >= 11 is 5.56. The Bertz CT molecular complexity index is 537. The van der Waals surface area contributed by atoms with Gasteiger partial charge in [0, 0.05) is 5.88 Å². The van der Waals surface area contributed by atoms with Crippen molar-refractivity contribution in [3.05, 3.63) is 28.8 Å². The predicted octanol–water partition coefficient (Wildman–Crippen LogP) is 2.82. The second kappa shape index (κ2) is 5.80. The van der Waals surface area contributed by atoms with Crippen molar-refractivity contribution >= 4 is 17.6 Å². The number of ether oxygens (including phenoxy) is 1. The van der Waals surface area contributed by atoms with E-state index in [0.717, 1.165) is 12.1 Å². The van der Waals surface area contributed by atoms with Gasteiger partial charge in [-0.15, -0.1) is 24.8 Å². The van der Waals surface area contributed by atoms with E-state index in [1.807, 2.05) is 0 Å². The Kier molecular flexibility index (Phi) is 4.62. The molecule has 0 heterocycles. The molecule has 0 unspecified atom stereocenters. The average molecular weight is 294 g/mol. The van der Waals surface area contributed by atoms with Gasteiger partial charge in [-0.05, 0) is 17.2 Å². The molecule has 0 amide bonds. The lowest BCUT2D eigenvalue weighted by atomic mass is 9.99. The number of carboxylic acid groups (broad SMARTS) is 1. The highest BCUT2D eigenvalue weighted by molar-refractivity contribution is 6.17. The van der Waals surface area contributed by atoms with Crippen LogP contribution in [0.15, 0.2) is 12.1 Å². The summed E-state index contributed by atoms with van der Waals surface area (Å²) < 4.78 is 40.1. The zero-order valence-electron chi connectivity index (χ0n) is 9.29. The van der Waals surface area contributed by atoms with Crippen LogP contribution in [0.4, 0.5) is 13.2 Å². The molecule has 19 heavy (non-hydrogen) atoms. The first-order chi connectivity index (χ1) is 8.78. The molecule has 0 saturated heterocycles. The van der Waals surface area contributed by atoms with Crippen LogP contribution in [0.3, 0.4) is 0 Å². The van der Waals surface area contributed by atoms with Gasteiger partial charge in [0.1, 0.15) is 11.8 Å². The van der Waals surface area contributed by atoms with E-state index >= 15 is 0 Å². The fourth-order valence-electron chi connectivity index (χ4n) is 1.48. The highest BCUT2D eigenvalue weighted by Gasteiger charge is 2.33. The number of halogens is 4. The second-order valence-corrected chi connectivity index (χ2v) is 3.71. The summed E-state index contributed by atoms with van der Waals surface area (Å²) in [6.07, 6.45) is -5.38. The minimum Gasteiger partial charge on any atom is -0.481 e. The first kappa shape index (κ1) is 15.1. The van der Waals surface area contributed by atoms with Crippen LogP contribution < -0.4 is 4.74 Å². The molecule has 0 atom stereocenters. The molecule has 0 saturated carbocycles. The minimum absolute atomic E-state index is 0.0216. The van der Waals surface area contributed by atoms with Gasteiger partial charge < -0.3 is 9.84 Å². The third kappa shape index (κ3) is 4.03. The molecule has 0 spiro atoms. The topological polar surface area (TPSA) is 70.3 Å². The highest BCUT2D eigenvalue weighted by Crippen LogP contribution is 2.31. The quantitative estimate of drug-likeness (QED) is 0.867. The van der Waals surface area contributed by atoms with Crippen molar-refractivity contribution in [2.75, 3.05) is 0 Å². The molecular weight excluding hydrogens is 287 g/mol. The summed E-state index contributed by atoms with van der Waals surface area (Å²) in [6, 6.07) is 3.60. The summed E-state index contributed by atoms with van der Waals surface area (Å²) in [6.45, 7) is 0. The number of nitriles is 1. The largest absolute Gasteiger partial charge is 0.573 e. The molecule has 1 aromatic carbocycles. The molecule has 1 aromatic rings. The van der Waals surface area contributed by atoms with Gasteiger partial charge in [0.15, 0.2) is 0 Å². The van der Waals surface area contributed by atoms with Gasteiger partial charge in [-0.25, -0.2) is 0 Å². The average Bonchev–Trinajstić information content (AvgIpc) is 2.27. The third-order valence-corrected chi connectivity index (χ3v) is 2.45. The predicted molar refractivity (Wildman–Crippen MR) is 58.7 cm³/mol. The molecule has 4 nitrogen and oxygen atoms in total. The Morgan fingerprint density at radius 2 is 2.11 bits per heavy atom. The molecule has 1 N–H and O–H groups in total. The molecule has 0 bridgehead atoms. The van der Waals surface area contributed by atoms with Crippen molar-refractivity contribution < 1.29 is 27.8 Å². The molecule has 1 rings (SSSR count). The van der Waals surface area contributed by atoms with Crippen molar-refractivity contribution in [2.45, 2.75) is 18.7 Å². The number of hydrogen-bond donors (Lipinski definition) is 1. The minimum atomic E-state index is -4.94. The Morgan fingerprint density at radius 3 is 2.53 bits per heavy atom. The van der Waals surface area contributed by atoms with Crippen LogP contribution in [0.1, 0.15) is 16.7 Å². The summed E-state index contributed by atoms with van der Waals surface area (Å²) in [5, 5.41) is 17.6. The summed E-state index contributed by atoms with van der Waals surface area (Å²) in [7, 11) is 0. The van der Waals surface area contributed by atoms with Crippen molar-refractivity contribution in [1.29, 1.82) is 5.26 Å². The van der Waals surface area contributed by atoms with Crippen LogP contribution in [0.25, 0.3) is 0 Å². The number of nitrogens with zero attached hydrogens (tertiary/aromatic N) is 1. The van der Waals surface area contributed by atoms with Crippen LogP contribution in [-0.4, -0.2) is 17.4 Å². The van der Waals surface area contributed by atoms with Gasteiger partial charge in [0.2, 0.25) is 0 Å². The summed E-state index contributed by atoms with van der Waals surface area (Å²) in [4.78, 5) is 10.6. The first-order valence-electron chi connectivity index (χ1n) is 4.87. The number of carboxylic acids is 1. The Labute approximate surface area is 111 Å². The van der Waals surface area contributed by atoms with E-state index in [1.54, 1.807) is 6.07 Å². The summed E-state index contributed by atoms with van der Waals surface area (Å²) in [5.74, 6) is -2.17. The molecule has 0 aliphatic carbocycles. The fraction of sp³-hybridized carbons (Fsp3) is 0.273. The lowest BCUT2D eigenvalue weighted by Gasteiger charge is -2.14. The number of rotatable bonds is 4. The Morgan fingerprint density at radius 1 is 1.47 bits per heavy atom. The lowest BCUT2D eigenvalue weighted by molar-refractivity contribution is -0.274. The fourth-order valence-corrected chi connectivity index (χ4v) is 1.79. The van der Waals surface area contributed by atoms with E-state index in [4.69, 9.17) is 22.0 Å². The SMILES string of the molecule is N#Cc1c(OC(F)(F)F)ccc(CC(=O)O)c1CCl. The zero-order chi connectivity index (χ0) is 14.6. The van der Waals surface area contributed by atoms with Gasteiger partial charge in [-0.3, -0.25) is 4.79 Å². The van der Waals surface area contributed by atoms with Crippen LogP contribution in [0, 0.1) is 11.3 Å². The smallest absolute Gasteiger partial charge is 0.481 e. The second-order valence-electron chi connectivity index (χ2n) is 3.44. The van der Waals surface area contributed by atoms with Gasteiger partial charge >= 0.3 is 12.3 Å². The standard InChI is InChI=1S/C11H7ClF3NO3/c12-4-7-6(3-10(17)18)1-2-9(8(7)5-16)19-11(13,14)15/h1-2H,3-4H2,(H,17,18). The van der Waals surface area contributed by atoms with Crippen LogP contribution in [0.2, 0.25) is 0 Å². The zero-order valence-corrected chi connectivity index (χ0v) is 10.0. The van der Waals surface area contributed by atoms with Crippen molar-refractivity contribution in [2.24, 2.45) is 0 Å². The van der Waals surface area contributed by atoms with Crippen molar-refractivity contribution in [1.82, 2.24) is 0 Å². The van der Waals surface area contributed by atoms with Gasteiger partial charge in [-0.1, -0.05) is 6.07 Å². The molecule has 0 aromatic heterocycles. The van der Waals surface area contributed by atoms with Gasteiger partial charge in [0.25, 0.3) is 0 Å². The third-order valence-electron chi connectivity index (χ3n) is 2.18. The number of benzene rings is 1. The number of hydrogen-bond acceptors (Lipinski definition) is 3. The molecule has 0 radical (unpaired) electrons. The maximum Gasteiger partial charge on any atom is 0.573 e. The monoisotopic (exact) mass is 293 g/mol. The first-order valence-corrected chi connectivity index (χ1v) is 5.40. The van der Waals surface area contributed by atoms with Crippen LogP contribution in [-0.2, 0) is 17.1 Å². The molecule has 8 heteroatoms. The number of carbonyl (C=O) groups is 1. The normalized spacial score (nSPS) is 10.9. The molecule has 102 valence electrons. The van der Waals surface area contributed by atoms with E-state index in [2.05, 4.69) is 4.74 Å². The molecule has 0 aliphatic heterocycles. The lowest BCUT2D eigenvalue weighted by Crippen LogP contribution is -2.18.